The molecule has 1 heteroatoms. The molecule has 0 spiro atoms. The monoisotopic (exact) mass is 215 g/mol. The first-order valence-corrected chi connectivity index (χ1v) is 6.39. The largest absolute Gasteiger partial charge is 0.330 e. The third-order valence-electron chi connectivity index (χ3n) is 3.30. The molecule has 1 nitrogen and oxygen atoms in total. The number of benzene rings is 1. The molecule has 0 aliphatic heterocycles. The SMILES string of the molecule is NCCCc1ccccc1C1=CCCCC1. The molecule has 0 radical (unpaired) electrons. The minimum Gasteiger partial charge on any atom is -0.330 e. The van der Waals surface area contributed by atoms with Gasteiger partial charge in [0.2, 0.25) is 0 Å². The smallest absolute Gasteiger partial charge is 0.00741 e. The summed E-state index contributed by atoms with van der Waals surface area (Å²) in [6.07, 6.45) is 9.82. The number of aryl methyl sites for hydroxylation is 1. The molecule has 0 fully saturated rings. The van der Waals surface area contributed by atoms with Crippen LogP contribution in [0.4, 0.5) is 0 Å². The Hall–Kier alpha value is -1.08. The van der Waals surface area contributed by atoms with Gasteiger partial charge in [0.1, 0.15) is 0 Å². The van der Waals surface area contributed by atoms with E-state index < -0.39 is 0 Å². The van der Waals surface area contributed by atoms with Crippen molar-refractivity contribution in [1.29, 1.82) is 0 Å². The Kier molecular flexibility index (Phi) is 4.17. The third-order valence-corrected chi connectivity index (χ3v) is 3.30. The van der Waals surface area contributed by atoms with Gasteiger partial charge in [-0.2, -0.15) is 0 Å². The molecule has 0 saturated heterocycles. The maximum absolute atomic E-state index is 5.59. The lowest BCUT2D eigenvalue weighted by Gasteiger charge is -2.16. The fourth-order valence-electron chi connectivity index (χ4n) is 2.43. The Labute approximate surface area is 98.4 Å². The van der Waals surface area contributed by atoms with E-state index in [9.17, 15) is 0 Å². The zero-order chi connectivity index (χ0) is 11.2. The fraction of sp³-hybridized carbons (Fsp3) is 0.467. The molecule has 0 amide bonds. The number of hydrogen-bond donors (Lipinski definition) is 1. The summed E-state index contributed by atoms with van der Waals surface area (Å²) in [5.41, 5.74) is 10.1. The molecule has 0 bridgehead atoms. The Morgan fingerprint density at radius 3 is 2.75 bits per heavy atom. The van der Waals surface area contributed by atoms with Gasteiger partial charge in [-0.05, 0) is 61.8 Å². The molecule has 0 saturated carbocycles. The molecule has 1 aliphatic carbocycles. The van der Waals surface area contributed by atoms with Crippen LogP contribution in [0.3, 0.4) is 0 Å². The van der Waals surface area contributed by atoms with Gasteiger partial charge in [0.15, 0.2) is 0 Å². The number of hydrogen-bond acceptors (Lipinski definition) is 1. The normalized spacial score (nSPS) is 15.9. The predicted molar refractivity (Wildman–Crippen MR) is 70.3 cm³/mol. The highest BCUT2D eigenvalue weighted by Gasteiger charge is 2.09. The molecule has 0 unspecified atom stereocenters. The molecule has 16 heavy (non-hydrogen) atoms. The van der Waals surface area contributed by atoms with E-state index in [0.29, 0.717) is 0 Å². The highest BCUT2D eigenvalue weighted by molar-refractivity contribution is 5.68. The Morgan fingerprint density at radius 2 is 2.00 bits per heavy atom. The maximum atomic E-state index is 5.59. The second-order valence-corrected chi connectivity index (χ2v) is 4.52. The van der Waals surface area contributed by atoms with Crippen LogP contribution in [0, 0.1) is 0 Å². The predicted octanol–water partition coefficient (Wildman–Crippen LogP) is 3.54. The van der Waals surface area contributed by atoms with Crippen LogP contribution >= 0.6 is 0 Å². The van der Waals surface area contributed by atoms with Crippen molar-refractivity contribution in [2.24, 2.45) is 5.73 Å². The molecular weight excluding hydrogens is 194 g/mol. The summed E-state index contributed by atoms with van der Waals surface area (Å²) in [6.45, 7) is 0.785. The Balaban J connectivity index is 2.21. The maximum Gasteiger partial charge on any atom is -0.00741 e. The van der Waals surface area contributed by atoms with E-state index in [4.69, 9.17) is 5.73 Å². The summed E-state index contributed by atoms with van der Waals surface area (Å²) >= 11 is 0. The van der Waals surface area contributed by atoms with Gasteiger partial charge in [-0.25, -0.2) is 0 Å². The number of allylic oxidation sites excluding steroid dienone is 2. The van der Waals surface area contributed by atoms with E-state index in [0.717, 1.165) is 19.4 Å². The quantitative estimate of drug-likeness (QED) is 0.817. The molecule has 86 valence electrons. The standard InChI is InChI=1S/C15H21N/c16-12-6-10-14-9-4-5-11-15(14)13-7-2-1-3-8-13/h4-5,7,9,11H,1-3,6,8,10,12,16H2. The van der Waals surface area contributed by atoms with Gasteiger partial charge in [0.25, 0.3) is 0 Å². The minimum atomic E-state index is 0.785. The lowest BCUT2D eigenvalue weighted by molar-refractivity contribution is 0.740. The molecule has 1 aliphatic rings. The lowest BCUT2D eigenvalue weighted by atomic mass is 9.89. The molecule has 0 atom stereocenters. The van der Waals surface area contributed by atoms with Crippen molar-refractivity contribution < 1.29 is 0 Å². The number of rotatable bonds is 4. The van der Waals surface area contributed by atoms with E-state index >= 15 is 0 Å². The van der Waals surface area contributed by atoms with Gasteiger partial charge in [0, 0.05) is 0 Å². The summed E-state index contributed by atoms with van der Waals surface area (Å²) in [5.74, 6) is 0. The van der Waals surface area contributed by atoms with Crippen LogP contribution in [-0.2, 0) is 6.42 Å². The van der Waals surface area contributed by atoms with E-state index in [1.54, 1.807) is 5.57 Å². The van der Waals surface area contributed by atoms with Crippen LogP contribution in [0.15, 0.2) is 30.3 Å². The molecule has 0 aromatic heterocycles. The second kappa shape index (κ2) is 5.86. The second-order valence-electron chi connectivity index (χ2n) is 4.52. The van der Waals surface area contributed by atoms with Crippen molar-refractivity contribution in [1.82, 2.24) is 0 Å². The zero-order valence-corrected chi connectivity index (χ0v) is 9.91. The summed E-state index contributed by atoms with van der Waals surface area (Å²) in [7, 11) is 0. The fourth-order valence-corrected chi connectivity index (χ4v) is 2.43. The molecule has 1 aromatic rings. The van der Waals surface area contributed by atoms with Crippen molar-refractivity contribution >= 4 is 5.57 Å². The van der Waals surface area contributed by atoms with E-state index in [1.165, 1.54) is 36.8 Å². The van der Waals surface area contributed by atoms with Crippen LogP contribution in [-0.4, -0.2) is 6.54 Å². The lowest BCUT2D eigenvalue weighted by Crippen LogP contribution is -2.03. The van der Waals surface area contributed by atoms with Crippen LogP contribution in [0.2, 0.25) is 0 Å². The van der Waals surface area contributed by atoms with Crippen LogP contribution < -0.4 is 5.73 Å². The van der Waals surface area contributed by atoms with Crippen molar-refractivity contribution in [3.63, 3.8) is 0 Å². The molecule has 0 heterocycles. The van der Waals surface area contributed by atoms with Gasteiger partial charge >= 0.3 is 0 Å². The zero-order valence-electron chi connectivity index (χ0n) is 9.91. The summed E-state index contributed by atoms with van der Waals surface area (Å²) in [5, 5.41) is 0. The summed E-state index contributed by atoms with van der Waals surface area (Å²) in [4.78, 5) is 0. The summed E-state index contributed by atoms with van der Waals surface area (Å²) < 4.78 is 0. The van der Waals surface area contributed by atoms with Gasteiger partial charge < -0.3 is 5.73 Å². The first-order valence-electron chi connectivity index (χ1n) is 6.39. The number of nitrogens with two attached hydrogens (primary N) is 1. The highest BCUT2D eigenvalue weighted by Crippen LogP contribution is 2.29. The average Bonchev–Trinajstić information content (AvgIpc) is 2.38. The topological polar surface area (TPSA) is 26.0 Å². The van der Waals surface area contributed by atoms with Crippen LogP contribution in [0.25, 0.3) is 5.57 Å². The van der Waals surface area contributed by atoms with Crippen LogP contribution in [0.5, 0.6) is 0 Å². The Morgan fingerprint density at radius 1 is 1.12 bits per heavy atom. The highest BCUT2D eigenvalue weighted by atomic mass is 14.5. The van der Waals surface area contributed by atoms with E-state index in [-0.39, 0.29) is 0 Å². The minimum absolute atomic E-state index is 0.785. The molecule has 1 aromatic carbocycles. The first kappa shape index (κ1) is 11.4. The van der Waals surface area contributed by atoms with Crippen molar-refractivity contribution in [2.45, 2.75) is 38.5 Å². The van der Waals surface area contributed by atoms with Gasteiger partial charge in [-0.1, -0.05) is 30.3 Å². The van der Waals surface area contributed by atoms with Gasteiger partial charge in [0.05, 0.1) is 0 Å². The Bertz CT molecular complexity index is 365. The molecular formula is C15H21N. The van der Waals surface area contributed by atoms with Crippen molar-refractivity contribution in [3.8, 4) is 0 Å². The molecule has 2 rings (SSSR count). The van der Waals surface area contributed by atoms with E-state index in [2.05, 4.69) is 30.3 Å². The molecule has 2 N–H and O–H groups in total. The van der Waals surface area contributed by atoms with Gasteiger partial charge in [-0.15, -0.1) is 0 Å². The van der Waals surface area contributed by atoms with Crippen LogP contribution in [0.1, 0.15) is 43.2 Å². The van der Waals surface area contributed by atoms with Crippen molar-refractivity contribution in [3.05, 3.63) is 41.5 Å². The third kappa shape index (κ3) is 2.73. The van der Waals surface area contributed by atoms with Gasteiger partial charge in [-0.3, -0.25) is 0 Å². The summed E-state index contributed by atoms with van der Waals surface area (Å²) in [6, 6.07) is 8.80. The average molecular weight is 215 g/mol. The first-order chi connectivity index (χ1) is 7.92. The van der Waals surface area contributed by atoms with Crippen molar-refractivity contribution in [2.75, 3.05) is 6.54 Å². The van der Waals surface area contributed by atoms with E-state index in [1.807, 2.05) is 0 Å².